The highest BCUT2D eigenvalue weighted by Gasteiger charge is 2.23. The van der Waals surface area contributed by atoms with Gasteiger partial charge >= 0.3 is 6.03 Å². The molecule has 1 saturated heterocycles. The standard InChI is InChI=1S/C26H34N6O2/c1-4-32-23-11-10-21(25(33)29(2)3)18-22(23)28-24(32)19-30-14-16-31(17-15-30)26(34)27-13-12-20-8-6-5-7-9-20/h5-11,18H,4,12-17,19H2,1-3H3,(H,27,34). The summed E-state index contributed by atoms with van der Waals surface area (Å²) in [6, 6.07) is 15.9. The van der Waals surface area contributed by atoms with Crippen LogP contribution in [0, 0.1) is 0 Å². The number of aryl methyl sites for hydroxylation is 1. The van der Waals surface area contributed by atoms with Crippen LogP contribution in [-0.2, 0) is 19.5 Å². The van der Waals surface area contributed by atoms with Crippen molar-refractivity contribution >= 4 is 23.0 Å². The predicted molar refractivity (Wildman–Crippen MR) is 134 cm³/mol. The van der Waals surface area contributed by atoms with Gasteiger partial charge in [0.2, 0.25) is 0 Å². The Hall–Kier alpha value is -3.39. The quantitative estimate of drug-likeness (QED) is 0.586. The summed E-state index contributed by atoms with van der Waals surface area (Å²) in [5.41, 5.74) is 3.77. The number of amides is 3. The van der Waals surface area contributed by atoms with Gasteiger partial charge in [-0.1, -0.05) is 30.3 Å². The van der Waals surface area contributed by atoms with E-state index in [4.69, 9.17) is 4.98 Å². The predicted octanol–water partition coefficient (Wildman–Crippen LogP) is 2.83. The number of rotatable bonds is 7. The van der Waals surface area contributed by atoms with Crippen molar-refractivity contribution in [2.45, 2.75) is 26.4 Å². The second-order valence-electron chi connectivity index (χ2n) is 8.91. The molecule has 0 atom stereocenters. The van der Waals surface area contributed by atoms with Crippen LogP contribution in [-0.4, -0.2) is 83.0 Å². The first-order chi connectivity index (χ1) is 16.5. The molecular formula is C26H34N6O2. The van der Waals surface area contributed by atoms with Crippen LogP contribution in [0.15, 0.2) is 48.5 Å². The van der Waals surface area contributed by atoms with Crippen LogP contribution >= 0.6 is 0 Å². The number of carbonyl (C=O) groups excluding carboxylic acids is 2. The van der Waals surface area contributed by atoms with E-state index in [2.05, 4.69) is 33.8 Å². The summed E-state index contributed by atoms with van der Waals surface area (Å²) in [5, 5.41) is 3.04. The summed E-state index contributed by atoms with van der Waals surface area (Å²) in [7, 11) is 3.51. The molecule has 0 bridgehead atoms. The van der Waals surface area contributed by atoms with Crippen molar-refractivity contribution < 1.29 is 9.59 Å². The van der Waals surface area contributed by atoms with Crippen LogP contribution in [0.4, 0.5) is 4.79 Å². The fourth-order valence-electron chi connectivity index (χ4n) is 4.42. The first-order valence-corrected chi connectivity index (χ1v) is 12.0. The molecule has 34 heavy (non-hydrogen) atoms. The van der Waals surface area contributed by atoms with Crippen molar-refractivity contribution in [3.63, 3.8) is 0 Å². The lowest BCUT2D eigenvalue weighted by molar-refractivity contribution is 0.0827. The van der Waals surface area contributed by atoms with Gasteiger partial charge in [0, 0.05) is 58.9 Å². The molecule has 0 aliphatic carbocycles. The summed E-state index contributed by atoms with van der Waals surface area (Å²) in [5.74, 6) is 0.973. The molecular weight excluding hydrogens is 428 g/mol. The normalized spacial score (nSPS) is 14.4. The fourth-order valence-corrected chi connectivity index (χ4v) is 4.42. The van der Waals surface area contributed by atoms with Crippen molar-refractivity contribution in [3.05, 3.63) is 65.5 Å². The largest absolute Gasteiger partial charge is 0.345 e. The van der Waals surface area contributed by atoms with E-state index in [-0.39, 0.29) is 11.9 Å². The molecule has 180 valence electrons. The lowest BCUT2D eigenvalue weighted by Crippen LogP contribution is -2.51. The number of urea groups is 1. The minimum absolute atomic E-state index is 0.00877. The molecule has 3 aromatic rings. The molecule has 2 aromatic carbocycles. The minimum Gasteiger partial charge on any atom is -0.345 e. The van der Waals surface area contributed by atoms with Gasteiger partial charge in [0.25, 0.3) is 5.91 Å². The van der Waals surface area contributed by atoms with Crippen molar-refractivity contribution in [2.75, 3.05) is 46.8 Å². The van der Waals surface area contributed by atoms with Gasteiger partial charge in [-0.25, -0.2) is 9.78 Å². The Morgan fingerprint density at radius 2 is 1.76 bits per heavy atom. The average Bonchev–Trinajstić information content (AvgIpc) is 3.20. The maximum absolute atomic E-state index is 12.6. The zero-order valence-corrected chi connectivity index (χ0v) is 20.3. The molecule has 1 N–H and O–H groups in total. The number of piperazine rings is 1. The number of hydrogen-bond donors (Lipinski definition) is 1. The van der Waals surface area contributed by atoms with Crippen molar-refractivity contribution in [1.82, 2.24) is 29.6 Å². The number of nitrogens with one attached hydrogen (secondary N) is 1. The molecule has 0 unspecified atom stereocenters. The third-order valence-corrected chi connectivity index (χ3v) is 6.35. The van der Waals surface area contributed by atoms with Gasteiger partial charge in [-0.05, 0) is 37.1 Å². The molecule has 4 rings (SSSR count). The van der Waals surface area contributed by atoms with Crippen molar-refractivity contribution in [3.8, 4) is 0 Å². The summed E-state index contributed by atoms with van der Waals surface area (Å²) in [6.07, 6.45) is 0.835. The van der Waals surface area contributed by atoms with E-state index in [0.29, 0.717) is 25.2 Å². The number of benzene rings is 2. The number of hydrogen-bond acceptors (Lipinski definition) is 4. The van der Waals surface area contributed by atoms with E-state index in [1.165, 1.54) is 5.56 Å². The Kier molecular flexibility index (Phi) is 7.47. The van der Waals surface area contributed by atoms with E-state index in [1.54, 1.807) is 19.0 Å². The second-order valence-corrected chi connectivity index (χ2v) is 8.91. The summed E-state index contributed by atoms with van der Waals surface area (Å²) >= 11 is 0. The molecule has 8 nitrogen and oxygen atoms in total. The average molecular weight is 463 g/mol. The monoisotopic (exact) mass is 462 g/mol. The number of fused-ring (bicyclic) bond motifs is 1. The smallest absolute Gasteiger partial charge is 0.317 e. The van der Waals surface area contributed by atoms with E-state index in [1.807, 2.05) is 41.3 Å². The highest BCUT2D eigenvalue weighted by atomic mass is 16.2. The highest BCUT2D eigenvalue weighted by Crippen LogP contribution is 2.20. The zero-order valence-electron chi connectivity index (χ0n) is 20.3. The number of carbonyl (C=O) groups is 2. The van der Waals surface area contributed by atoms with Crippen LogP contribution < -0.4 is 5.32 Å². The molecule has 1 aliphatic heterocycles. The van der Waals surface area contributed by atoms with Crippen molar-refractivity contribution in [2.24, 2.45) is 0 Å². The minimum atomic E-state index is -0.0207. The topological polar surface area (TPSA) is 73.7 Å². The fraction of sp³-hybridized carbons (Fsp3) is 0.423. The molecule has 1 aliphatic rings. The van der Waals surface area contributed by atoms with Gasteiger partial charge in [-0.15, -0.1) is 0 Å². The van der Waals surface area contributed by atoms with Crippen LogP contribution in [0.2, 0.25) is 0 Å². The van der Waals surface area contributed by atoms with Gasteiger partial charge in [0.1, 0.15) is 5.82 Å². The van der Waals surface area contributed by atoms with Gasteiger partial charge in [-0.3, -0.25) is 9.69 Å². The third-order valence-electron chi connectivity index (χ3n) is 6.35. The Morgan fingerprint density at radius 1 is 1.03 bits per heavy atom. The molecule has 8 heteroatoms. The van der Waals surface area contributed by atoms with E-state index in [0.717, 1.165) is 49.5 Å². The third kappa shape index (κ3) is 5.39. The zero-order chi connectivity index (χ0) is 24.1. The number of nitrogens with zero attached hydrogens (tertiary/aromatic N) is 5. The van der Waals surface area contributed by atoms with Gasteiger partial charge in [-0.2, -0.15) is 0 Å². The molecule has 0 spiro atoms. The first-order valence-electron chi connectivity index (χ1n) is 12.0. The molecule has 2 heterocycles. The van der Waals surface area contributed by atoms with Crippen LogP contribution in [0.5, 0.6) is 0 Å². The van der Waals surface area contributed by atoms with Crippen molar-refractivity contribution in [1.29, 1.82) is 0 Å². The second kappa shape index (κ2) is 10.7. The van der Waals surface area contributed by atoms with Crippen LogP contribution in [0.25, 0.3) is 11.0 Å². The lowest BCUT2D eigenvalue weighted by atomic mass is 10.1. The Morgan fingerprint density at radius 3 is 2.44 bits per heavy atom. The van der Waals surface area contributed by atoms with Gasteiger partial charge < -0.3 is 19.7 Å². The number of aromatic nitrogens is 2. The maximum atomic E-state index is 12.6. The van der Waals surface area contributed by atoms with Gasteiger partial charge in [0.15, 0.2) is 0 Å². The Balaban J connectivity index is 1.33. The maximum Gasteiger partial charge on any atom is 0.317 e. The Bertz CT molecular complexity index is 1130. The Labute approximate surface area is 201 Å². The lowest BCUT2D eigenvalue weighted by Gasteiger charge is -2.34. The summed E-state index contributed by atoms with van der Waals surface area (Å²) in [4.78, 5) is 35.6. The number of imidazole rings is 1. The highest BCUT2D eigenvalue weighted by molar-refractivity contribution is 5.97. The SMILES string of the molecule is CCn1c(CN2CCN(C(=O)NCCc3ccccc3)CC2)nc2cc(C(=O)N(C)C)ccc21. The molecule has 0 radical (unpaired) electrons. The van der Waals surface area contributed by atoms with Gasteiger partial charge in [0.05, 0.1) is 17.6 Å². The van der Waals surface area contributed by atoms with E-state index >= 15 is 0 Å². The summed E-state index contributed by atoms with van der Waals surface area (Å²) in [6.45, 7) is 7.31. The van der Waals surface area contributed by atoms with E-state index < -0.39 is 0 Å². The molecule has 3 amide bonds. The molecule has 1 aromatic heterocycles. The first kappa shape index (κ1) is 23.8. The van der Waals surface area contributed by atoms with Crippen LogP contribution in [0.3, 0.4) is 0 Å². The van der Waals surface area contributed by atoms with E-state index in [9.17, 15) is 9.59 Å². The summed E-state index contributed by atoms with van der Waals surface area (Å²) < 4.78 is 2.21. The molecule has 0 saturated carbocycles. The van der Waals surface area contributed by atoms with Crippen LogP contribution in [0.1, 0.15) is 28.7 Å². The molecule has 1 fully saturated rings.